The summed E-state index contributed by atoms with van der Waals surface area (Å²) in [5.41, 5.74) is -0.878. The van der Waals surface area contributed by atoms with Crippen molar-refractivity contribution >= 4 is 0 Å². The molecule has 1 atom stereocenters. The van der Waals surface area contributed by atoms with Crippen molar-refractivity contribution in [3.63, 3.8) is 0 Å². The van der Waals surface area contributed by atoms with E-state index in [2.05, 4.69) is 6.07 Å². The standard InChI is InChI=1S/C15H17NO3/c1-18-12-7-15(17,8-12)14(9-16)6-11-4-2-3-5-13(11)19-10-14/h2-5,12,17H,6-8,10H2,1H3. The Hall–Kier alpha value is -1.57. The predicted molar refractivity (Wildman–Crippen MR) is 68.7 cm³/mol. The van der Waals surface area contributed by atoms with E-state index in [0.717, 1.165) is 11.3 Å². The summed E-state index contributed by atoms with van der Waals surface area (Å²) in [7, 11) is 1.63. The van der Waals surface area contributed by atoms with Crippen molar-refractivity contribution in [2.45, 2.75) is 31.0 Å². The zero-order valence-electron chi connectivity index (χ0n) is 10.9. The lowest BCUT2D eigenvalue weighted by Crippen LogP contribution is -2.62. The van der Waals surface area contributed by atoms with Crippen LogP contribution in [0.5, 0.6) is 5.75 Å². The fourth-order valence-electron chi connectivity index (χ4n) is 3.09. The predicted octanol–water partition coefficient (Wildman–Crippen LogP) is 1.67. The third kappa shape index (κ3) is 1.73. The summed E-state index contributed by atoms with van der Waals surface area (Å²) in [5, 5.41) is 20.3. The first-order valence-corrected chi connectivity index (χ1v) is 6.50. The summed E-state index contributed by atoms with van der Waals surface area (Å²) in [5.74, 6) is 0.819. The summed E-state index contributed by atoms with van der Waals surface area (Å²) >= 11 is 0. The third-order valence-corrected chi connectivity index (χ3v) is 4.51. The molecule has 1 saturated carbocycles. The number of fused-ring (bicyclic) bond motifs is 1. The first-order chi connectivity index (χ1) is 9.12. The summed E-state index contributed by atoms with van der Waals surface area (Å²) < 4.78 is 10.9. The molecule has 1 aromatic carbocycles. The molecule has 1 N–H and O–H groups in total. The monoisotopic (exact) mass is 259 g/mol. The van der Waals surface area contributed by atoms with Crippen LogP contribution in [0.1, 0.15) is 18.4 Å². The molecule has 19 heavy (non-hydrogen) atoms. The second kappa shape index (κ2) is 4.22. The van der Waals surface area contributed by atoms with Gasteiger partial charge in [0.25, 0.3) is 0 Å². The van der Waals surface area contributed by atoms with Crippen LogP contribution in [0.4, 0.5) is 0 Å². The van der Waals surface area contributed by atoms with Crippen molar-refractivity contribution in [2.75, 3.05) is 13.7 Å². The molecule has 0 bridgehead atoms. The van der Waals surface area contributed by atoms with E-state index in [1.807, 2.05) is 24.3 Å². The number of nitriles is 1. The minimum Gasteiger partial charge on any atom is -0.492 e. The number of nitrogens with zero attached hydrogens (tertiary/aromatic N) is 1. The molecular weight excluding hydrogens is 242 g/mol. The van der Waals surface area contributed by atoms with Gasteiger partial charge in [-0.25, -0.2) is 0 Å². The molecule has 2 aliphatic rings. The molecular formula is C15H17NO3. The second-order valence-corrected chi connectivity index (χ2v) is 5.56. The molecule has 1 aliphatic heterocycles. The minimum absolute atomic E-state index is 0.0485. The van der Waals surface area contributed by atoms with Crippen LogP contribution in [-0.4, -0.2) is 30.5 Å². The van der Waals surface area contributed by atoms with E-state index in [4.69, 9.17) is 9.47 Å². The quantitative estimate of drug-likeness (QED) is 0.877. The molecule has 4 heteroatoms. The Balaban J connectivity index is 1.89. The zero-order valence-corrected chi connectivity index (χ0v) is 10.9. The number of benzene rings is 1. The first kappa shape index (κ1) is 12.5. The minimum atomic E-state index is -1.00. The van der Waals surface area contributed by atoms with Gasteiger partial charge in [-0.1, -0.05) is 18.2 Å². The van der Waals surface area contributed by atoms with E-state index in [-0.39, 0.29) is 12.7 Å². The van der Waals surface area contributed by atoms with Crippen LogP contribution in [-0.2, 0) is 11.2 Å². The summed E-state index contributed by atoms with van der Waals surface area (Å²) in [6, 6.07) is 10.0. The highest BCUT2D eigenvalue weighted by Crippen LogP contribution is 2.51. The van der Waals surface area contributed by atoms with Crippen molar-refractivity contribution in [3.05, 3.63) is 29.8 Å². The van der Waals surface area contributed by atoms with Gasteiger partial charge in [0.2, 0.25) is 0 Å². The maximum absolute atomic E-state index is 10.7. The van der Waals surface area contributed by atoms with Crippen molar-refractivity contribution in [1.29, 1.82) is 5.26 Å². The molecule has 1 fully saturated rings. The molecule has 4 nitrogen and oxygen atoms in total. The fraction of sp³-hybridized carbons (Fsp3) is 0.533. The van der Waals surface area contributed by atoms with Crippen LogP contribution < -0.4 is 4.74 Å². The average molecular weight is 259 g/mol. The third-order valence-electron chi connectivity index (χ3n) is 4.51. The van der Waals surface area contributed by atoms with Crippen LogP contribution in [0.15, 0.2) is 24.3 Å². The number of hydrogen-bond acceptors (Lipinski definition) is 4. The topological polar surface area (TPSA) is 62.5 Å². The average Bonchev–Trinajstić information content (AvgIpc) is 2.43. The Bertz CT molecular complexity index is 530. The molecule has 1 aliphatic carbocycles. The van der Waals surface area contributed by atoms with Crippen LogP contribution in [0, 0.1) is 16.7 Å². The van der Waals surface area contributed by atoms with Gasteiger partial charge in [-0.05, 0) is 11.6 Å². The second-order valence-electron chi connectivity index (χ2n) is 5.56. The molecule has 1 heterocycles. The molecule has 3 rings (SSSR count). The summed E-state index contributed by atoms with van der Waals surface area (Å²) in [6.07, 6.45) is 1.59. The van der Waals surface area contributed by atoms with Gasteiger partial charge >= 0.3 is 0 Å². The van der Waals surface area contributed by atoms with Crippen LogP contribution in [0.3, 0.4) is 0 Å². The van der Waals surface area contributed by atoms with Gasteiger partial charge in [0, 0.05) is 26.4 Å². The number of methoxy groups -OCH3 is 1. The van der Waals surface area contributed by atoms with E-state index < -0.39 is 11.0 Å². The van der Waals surface area contributed by atoms with Crippen LogP contribution in [0.25, 0.3) is 0 Å². The van der Waals surface area contributed by atoms with E-state index in [0.29, 0.717) is 19.3 Å². The maximum Gasteiger partial charge on any atom is 0.124 e. The van der Waals surface area contributed by atoms with Gasteiger partial charge in [0.15, 0.2) is 0 Å². The molecule has 0 amide bonds. The van der Waals surface area contributed by atoms with Gasteiger partial charge < -0.3 is 14.6 Å². The summed E-state index contributed by atoms with van der Waals surface area (Å²) in [6.45, 7) is 0.243. The van der Waals surface area contributed by atoms with Crippen LogP contribution in [0.2, 0.25) is 0 Å². The highest BCUT2D eigenvalue weighted by atomic mass is 16.5. The van der Waals surface area contributed by atoms with E-state index in [9.17, 15) is 10.4 Å². The largest absolute Gasteiger partial charge is 0.492 e. The zero-order chi connectivity index (χ0) is 13.5. The van der Waals surface area contributed by atoms with Crippen molar-refractivity contribution < 1.29 is 14.6 Å². The normalized spacial score (nSPS) is 36.6. The highest BCUT2D eigenvalue weighted by molar-refractivity contribution is 5.39. The van der Waals surface area contributed by atoms with Crippen molar-refractivity contribution in [2.24, 2.45) is 5.41 Å². The van der Waals surface area contributed by atoms with E-state index in [1.54, 1.807) is 7.11 Å². The lowest BCUT2D eigenvalue weighted by molar-refractivity contribution is -0.190. The maximum atomic E-state index is 10.7. The Kier molecular flexibility index (Phi) is 2.77. The van der Waals surface area contributed by atoms with Gasteiger partial charge in [0.05, 0.1) is 17.8 Å². The smallest absolute Gasteiger partial charge is 0.124 e. The van der Waals surface area contributed by atoms with Gasteiger partial charge in [0.1, 0.15) is 17.8 Å². The number of ether oxygens (including phenoxy) is 2. The lowest BCUT2D eigenvalue weighted by atomic mass is 9.58. The Morgan fingerprint density at radius 2 is 2.16 bits per heavy atom. The Morgan fingerprint density at radius 1 is 1.42 bits per heavy atom. The van der Waals surface area contributed by atoms with Crippen molar-refractivity contribution in [3.8, 4) is 11.8 Å². The molecule has 1 aromatic rings. The molecule has 0 aromatic heterocycles. The molecule has 0 saturated heterocycles. The number of hydrogen-bond donors (Lipinski definition) is 1. The van der Waals surface area contributed by atoms with E-state index >= 15 is 0 Å². The van der Waals surface area contributed by atoms with Gasteiger partial charge in [-0.3, -0.25) is 0 Å². The number of para-hydroxylation sites is 1. The Morgan fingerprint density at radius 3 is 2.84 bits per heavy atom. The van der Waals surface area contributed by atoms with Crippen LogP contribution >= 0.6 is 0 Å². The van der Waals surface area contributed by atoms with Gasteiger partial charge in [-0.2, -0.15) is 5.26 Å². The fourth-order valence-corrected chi connectivity index (χ4v) is 3.09. The molecule has 100 valence electrons. The SMILES string of the molecule is COC1CC(O)(C2(C#N)COc3ccccc3C2)C1. The van der Waals surface area contributed by atoms with Gasteiger partial charge in [-0.15, -0.1) is 0 Å². The molecule has 1 unspecified atom stereocenters. The summed E-state index contributed by atoms with van der Waals surface area (Å²) in [4.78, 5) is 0. The lowest BCUT2D eigenvalue weighted by Gasteiger charge is -2.52. The first-order valence-electron chi connectivity index (χ1n) is 6.50. The highest BCUT2D eigenvalue weighted by Gasteiger charge is 2.60. The Labute approximate surface area is 112 Å². The van der Waals surface area contributed by atoms with Crippen molar-refractivity contribution in [1.82, 2.24) is 0 Å². The molecule has 0 spiro atoms. The molecule has 0 radical (unpaired) electrons. The number of aliphatic hydroxyl groups is 1. The number of rotatable bonds is 2. The van der Waals surface area contributed by atoms with E-state index in [1.165, 1.54) is 0 Å².